The van der Waals surface area contributed by atoms with Crippen LogP contribution in [0.1, 0.15) is 19.3 Å². The molecule has 1 saturated heterocycles. The van der Waals surface area contributed by atoms with Crippen LogP contribution in [0, 0.1) is 5.92 Å². The molecule has 0 spiro atoms. The fraction of sp³-hybridized carbons (Fsp3) is 0.529. The molecule has 26 heavy (non-hydrogen) atoms. The highest BCUT2D eigenvalue weighted by Gasteiger charge is 2.23. The molecular weight excluding hydrogens is 357 g/mol. The Kier molecular flexibility index (Phi) is 6.19. The van der Waals surface area contributed by atoms with E-state index in [0.29, 0.717) is 24.0 Å². The van der Waals surface area contributed by atoms with Crippen molar-refractivity contribution in [3.05, 3.63) is 18.5 Å². The van der Waals surface area contributed by atoms with Crippen LogP contribution in [0.15, 0.2) is 18.5 Å². The summed E-state index contributed by atoms with van der Waals surface area (Å²) in [6.07, 6.45) is 4.35. The summed E-state index contributed by atoms with van der Waals surface area (Å²) in [6.45, 7) is 2.07. The Balaban J connectivity index is 1.74. The van der Waals surface area contributed by atoms with Gasteiger partial charge in [0.05, 0.1) is 19.7 Å². The van der Waals surface area contributed by atoms with Crippen LogP contribution in [-0.4, -0.2) is 48.8 Å². The fourth-order valence-corrected chi connectivity index (χ4v) is 3.61. The molecular formula is C17H23N3O5P+. The van der Waals surface area contributed by atoms with Crippen molar-refractivity contribution in [1.29, 1.82) is 0 Å². The lowest BCUT2D eigenvalue weighted by Gasteiger charge is -2.33. The first-order chi connectivity index (χ1) is 12.6. The standard InChI is InChI=1S/C17H22N3O5P/c1-23-15-9-13-14(10-16(15)24-2)18-11-19-17(13)20-6-3-12(4-7-20)5-8-25-26(21)22/h9-12H,3-8H2,1-2H3/p+1. The van der Waals surface area contributed by atoms with Crippen LogP contribution >= 0.6 is 8.25 Å². The average molecular weight is 380 g/mol. The van der Waals surface area contributed by atoms with Gasteiger partial charge in [-0.15, -0.1) is 9.42 Å². The molecule has 9 heteroatoms. The fourth-order valence-electron chi connectivity index (χ4n) is 3.35. The maximum atomic E-state index is 10.6. The second kappa shape index (κ2) is 8.58. The molecule has 1 atom stereocenters. The maximum Gasteiger partial charge on any atom is 0.694 e. The molecule has 1 aliphatic rings. The molecule has 0 amide bonds. The molecule has 1 aromatic carbocycles. The number of anilines is 1. The molecule has 0 bridgehead atoms. The van der Waals surface area contributed by atoms with Crippen molar-refractivity contribution in [3.63, 3.8) is 0 Å². The third kappa shape index (κ3) is 4.20. The van der Waals surface area contributed by atoms with Gasteiger partial charge in [-0.1, -0.05) is 0 Å². The monoisotopic (exact) mass is 380 g/mol. The zero-order valence-electron chi connectivity index (χ0n) is 14.9. The third-order valence-corrected chi connectivity index (χ3v) is 5.16. The summed E-state index contributed by atoms with van der Waals surface area (Å²) in [5.74, 6) is 2.68. The van der Waals surface area contributed by atoms with Gasteiger partial charge >= 0.3 is 8.25 Å². The normalized spacial score (nSPS) is 16.0. The van der Waals surface area contributed by atoms with Gasteiger partial charge in [0.2, 0.25) is 0 Å². The molecule has 8 nitrogen and oxygen atoms in total. The zero-order chi connectivity index (χ0) is 18.5. The number of hydrogen-bond donors (Lipinski definition) is 1. The van der Waals surface area contributed by atoms with Crippen LogP contribution in [0.4, 0.5) is 5.82 Å². The van der Waals surface area contributed by atoms with Gasteiger partial charge in [-0.3, -0.25) is 0 Å². The molecule has 0 radical (unpaired) electrons. The topological polar surface area (TPSA) is 94.0 Å². The highest BCUT2D eigenvalue weighted by molar-refractivity contribution is 7.32. The highest BCUT2D eigenvalue weighted by atomic mass is 31.1. The molecule has 1 N–H and O–H groups in total. The number of rotatable bonds is 7. The number of methoxy groups -OCH3 is 2. The lowest BCUT2D eigenvalue weighted by atomic mass is 9.94. The smallest absolute Gasteiger partial charge is 0.493 e. The number of benzene rings is 1. The lowest BCUT2D eigenvalue weighted by molar-refractivity contribution is 0.241. The van der Waals surface area contributed by atoms with Gasteiger partial charge in [0.15, 0.2) is 11.5 Å². The number of piperidine rings is 1. The van der Waals surface area contributed by atoms with E-state index in [1.165, 1.54) is 0 Å². The van der Waals surface area contributed by atoms with Crippen LogP contribution in [0.2, 0.25) is 0 Å². The Labute approximate surface area is 153 Å². The third-order valence-electron chi connectivity index (χ3n) is 4.76. The van der Waals surface area contributed by atoms with Crippen LogP contribution in [-0.2, 0) is 9.09 Å². The van der Waals surface area contributed by atoms with Gasteiger partial charge in [-0.25, -0.2) is 9.97 Å². The summed E-state index contributed by atoms with van der Waals surface area (Å²) in [7, 11) is 0.716. The quantitative estimate of drug-likeness (QED) is 0.733. The van der Waals surface area contributed by atoms with Gasteiger partial charge in [-0.05, 0) is 31.2 Å². The largest absolute Gasteiger partial charge is 0.694 e. The van der Waals surface area contributed by atoms with Gasteiger partial charge in [0, 0.05) is 29.1 Å². The second-order valence-electron chi connectivity index (χ2n) is 6.21. The summed E-state index contributed by atoms with van der Waals surface area (Å²) in [6, 6.07) is 3.78. The Morgan fingerprint density at radius 3 is 2.54 bits per heavy atom. The maximum absolute atomic E-state index is 10.6. The first-order valence-electron chi connectivity index (χ1n) is 8.53. The van der Waals surface area contributed by atoms with E-state index in [-0.39, 0.29) is 0 Å². The average Bonchev–Trinajstić information content (AvgIpc) is 2.66. The molecule has 3 rings (SSSR count). The van der Waals surface area contributed by atoms with Crippen molar-refractivity contribution in [2.75, 3.05) is 38.8 Å². The van der Waals surface area contributed by atoms with Crippen molar-refractivity contribution in [3.8, 4) is 11.5 Å². The van der Waals surface area contributed by atoms with Crippen LogP contribution in [0.3, 0.4) is 0 Å². The molecule has 0 saturated carbocycles. The van der Waals surface area contributed by atoms with Crippen molar-refractivity contribution >= 4 is 25.0 Å². The number of aromatic nitrogens is 2. The van der Waals surface area contributed by atoms with E-state index >= 15 is 0 Å². The predicted molar refractivity (Wildman–Crippen MR) is 98.0 cm³/mol. The van der Waals surface area contributed by atoms with E-state index in [1.807, 2.05) is 12.1 Å². The minimum Gasteiger partial charge on any atom is -0.493 e. The minimum atomic E-state index is -2.50. The van der Waals surface area contributed by atoms with E-state index in [1.54, 1.807) is 20.5 Å². The molecule has 2 heterocycles. The van der Waals surface area contributed by atoms with E-state index in [4.69, 9.17) is 18.9 Å². The lowest BCUT2D eigenvalue weighted by Crippen LogP contribution is -2.34. The molecule has 1 fully saturated rings. The first kappa shape index (κ1) is 18.8. The summed E-state index contributed by atoms with van der Waals surface area (Å²) in [4.78, 5) is 19.8. The highest BCUT2D eigenvalue weighted by Crippen LogP contribution is 2.36. The van der Waals surface area contributed by atoms with E-state index in [0.717, 1.165) is 49.1 Å². The molecule has 0 aliphatic carbocycles. The number of nitrogens with zero attached hydrogens (tertiary/aromatic N) is 3. The Hall–Kier alpha value is -2.02. The van der Waals surface area contributed by atoms with E-state index in [9.17, 15) is 4.57 Å². The summed E-state index contributed by atoms with van der Waals surface area (Å²) >= 11 is 0. The zero-order valence-corrected chi connectivity index (χ0v) is 15.8. The van der Waals surface area contributed by atoms with Crippen LogP contribution in [0.5, 0.6) is 11.5 Å². The van der Waals surface area contributed by atoms with Gasteiger partial charge in [-0.2, -0.15) is 0 Å². The van der Waals surface area contributed by atoms with Crippen molar-refractivity contribution in [1.82, 2.24) is 9.97 Å². The Bertz CT molecular complexity index is 780. The van der Waals surface area contributed by atoms with Crippen molar-refractivity contribution in [2.45, 2.75) is 19.3 Å². The SMILES string of the molecule is COc1cc2ncnc(N3CCC(CCO[P+](=O)O)CC3)c2cc1OC. The second-order valence-corrected chi connectivity index (χ2v) is 6.95. The van der Waals surface area contributed by atoms with Gasteiger partial charge < -0.3 is 14.4 Å². The number of ether oxygens (including phenoxy) is 2. The number of fused-ring (bicyclic) bond motifs is 1. The molecule has 140 valence electrons. The van der Waals surface area contributed by atoms with Crippen LogP contribution < -0.4 is 14.4 Å². The molecule has 2 aromatic rings. The van der Waals surface area contributed by atoms with E-state index < -0.39 is 8.25 Å². The first-order valence-corrected chi connectivity index (χ1v) is 9.66. The molecule has 1 aromatic heterocycles. The number of hydrogen-bond acceptors (Lipinski definition) is 7. The Morgan fingerprint density at radius 2 is 1.88 bits per heavy atom. The minimum absolute atomic E-state index is 0.323. The van der Waals surface area contributed by atoms with E-state index in [2.05, 4.69) is 14.9 Å². The van der Waals surface area contributed by atoms with Crippen molar-refractivity contribution in [2.24, 2.45) is 5.92 Å². The predicted octanol–water partition coefficient (Wildman–Crippen LogP) is 2.92. The van der Waals surface area contributed by atoms with Crippen LogP contribution in [0.25, 0.3) is 10.9 Å². The van der Waals surface area contributed by atoms with Gasteiger partial charge in [0.1, 0.15) is 18.8 Å². The summed E-state index contributed by atoms with van der Waals surface area (Å²) in [5.41, 5.74) is 0.815. The molecule has 1 unspecified atom stereocenters. The Morgan fingerprint density at radius 1 is 1.19 bits per heavy atom. The summed E-state index contributed by atoms with van der Waals surface area (Å²) < 4.78 is 26.1. The molecule has 1 aliphatic heterocycles. The van der Waals surface area contributed by atoms with Crippen molar-refractivity contribution < 1.29 is 23.5 Å². The summed E-state index contributed by atoms with van der Waals surface area (Å²) in [5, 5.41) is 0.934. The van der Waals surface area contributed by atoms with Gasteiger partial charge in [0.25, 0.3) is 0 Å².